The van der Waals surface area contributed by atoms with Crippen LogP contribution >= 0.6 is 0 Å². The fourth-order valence-corrected chi connectivity index (χ4v) is 2.48. The van der Waals surface area contributed by atoms with Gasteiger partial charge < -0.3 is 5.32 Å². The molecule has 1 aromatic carbocycles. The van der Waals surface area contributed by atoms with E-state index in [9.17, 15) is 0 Å². The van der Waals surface area contributed by atoms with E-state index >= 15 is 0 Å². The van der Waals surface area contributed by atoms with Crippen molar-refractivity contribution in [1.29, 1.82) is 0 Å². The van der Waals surface area contributed by atoms with Crippen LogP contribution in [0.3, 0.4) is 0 Å². The first-order chi connectivity index (χ1) is 8.42. The Kier molecular flexibility index (Phi) is 2.90. The Bertz CT molecular complexity index is 504. The molecule has 1 heterocycles. The first-order valence-corrected chi connectivity index (χ1v) is 6.40. The second-order valence-corrected chi connectivity index (χ2v) is 4.72. The highest BCUT2D eigenvalue weighted by Gasteiger charge is 2.13. The highest BCUT2D eigenvalue weighted by atomic mass is 15.0. The number of hydrogen-bond acceptors (Lipinski definition) is 3. The van der Waals surface area contributed by atoms with Gasteiger partial charge in [0.2, 0.25) is 0 Å². The summed E-state index contributed by atoms with van der Waals surface area (Å²) >= 11 is 0. The predicted molar refractivity (Wildman–Crippen MR) is 70.0 cm³/mol. The Morgan fingerprint density at radius 2 is 1.76 bits per heavy atom. The summed E-state index contributed by atoms with van der Waals surface area (Å²) in [5.74, 6) is 0.913. The number of para-hydroxylation sites is 2. The number of nitrogens with one attached hydrogen (secondary N) is 1. The average Bonchev–Trinajstić information content (AvgIpc) is 2.40. The molecule has 0 bridgehead atoms. The lowest BCUT2D eigenvalue weighted by Crippen LogP contribution is -2.22. The quantitative estimate of drug-likeness (QED) is 0.854. The van der Waals surface area contributed by atoms with Crippen LogP contribution in [0.15, 0.2) is 30.5 Å². The van der Waals surface area contributed by atoms with Crippen molar-refractivity contribution in [2.45, 2.75) is 38.1 Å². The zero-order chi connectivity index (χ0) is 11.5. The number of hydrogen-bond donors (Lipinski definition) is 1. The fraction of sp³-hybridized carbons (Fsp3) is 0.429. The molecule has 1 N–H and O–H groups in total. The average molecular weight is 227 g/mol. The van der Waals surface area contributed by atoms with Crippen LogP contribution in [-0.2, 0) is 0 Å². The molecule has 0 spiro atoms. The summed E-state index contributed by atoms with van der Waals surface area (Å²) in [5, 5.41) is 3.50. The highest BCUT2D eigenvalue weighted by Crippen LogP contribution is 2.21. The summed E-state index contributed by atoms with van der Waals surface area (Å²) < 4.78 is 0. The zero-order valence-corrected chi connectivity index (χ0v) is 9.89. The van der Waals surface area contributed by atoms with Crippen LogP contribution in [0.1, 0.15) is 32.1 Å². The van der Waals surface area contributed by atoms with Gasteiger partial charge in [-0.15, -0.1) is 0 Å². The molecular weight excluding hydrogens is 210 g/mol. The van der Waals surface area contributed by atoms with Crippen molar-refractivity contribution < 1.29 is 0 Å². The molecule has 3 heteroatoms. The van der Waals surface area contributed by atoms with Crippen LogP contribution < -0.4 is 5.32 Å². The molecule has 0 radical (unpaired) electrons. The van der Waals surface area contributed by atoms with Crippen molar-refractivity contribution in [3.63, 3.8) is 0 Å². The third-order valence-electron chi connectivity index (χ3n) is 3.41. The zero-order valence-electron chi connectivity index (χ0n) is 9.89. The number of fused-ring (bicyclic) bond motifs is 1. The number of rotatable bonds is 2. The molecule has 1 aliphatic rings. The van der Waals surface area contributed by atoms with Gasteiger partial charge in [0.1, 0.15) is 5.82 Å². The van der Waals surface area contributed by atoms with Crippen molar-refractivity contribution in [3.8, 4) is 0 Å². The van der Waals surface area contributed by atoms with E-state index in [4.69, 9.17) is 0 Å². The van der Waals surface area contributed by atoms with Crippen molar-refractivity contribution in [1.82, 2.24) is 9.97 Å². The lowest BCUT2D eigenvalue weighted by atomic mass is 9.95. The summed E-state index contributed by atoms with van der Waals surface area (Å²) in [7, 11) is 0. The van der Waals surface area contributed by atoms with Gasteiger partial charge in [-0.05, 0) is 25.0 Å². The lowest BCUT2D eigenvalue weighted by Gasteiger charge is -2.23. The Balaban J connectivity index is 1.80. The molecule has 17 heavy (non-hydrogen) atoms. The molecule has 0 aliphatic heterocycles. The third-order valence-corrected chi connectivity index (χ3v) is 3.41. The maximum absolute atomic E-state index is 4.60. The van der Waals surface area contributed by atoms with Crippen molar-refractivity contribution in [2.24, 2.45) is 0 Å². The Morgan fingerprint density at radius 3 is 2.59 bits per heavy atom. The molecule has 1 aromatic heterocycles. The molecule has 1 saturated carbocycles. The maximum Gasteiger partial charge on any atom is 0.145 e. The number of aromatic nitrogens is 2. The topological polar surface area (TPSA) is 37.8 Å². The second kappa shape index (κ2) is 4.70. The van der Waals surface area contributed by atoms with Crippen LogP contribution in [0.4, 0.5) is 5.82 Å². The smallest absolute Gasteiger partial charge is 0.145 e. The monoisotopic (exact) mass is 227 g/mol. The Morgan fingerprint density at radius 1 is 1.00 bits per heavy atom. The van der Waals surface area contributed by atoms with Crippen LogP contribution in [0.25, 0.3) is 11.0 Å². The molecule has 0 unspecified atom stereocenters. The Labute approximate surface area is 101 Å². The minimum Gasteiger partial charge on any atom is -0.366 e. The summed E-state index contributed by atoms with van der Waals surface area (Å²) in [4.78, 5) is 9.02. The number of anilines is 1. The lowest BCUT2D eigenvalue weighted by molar-refractivity contribution is 0.462. The molecule has 0 amide bonds. The van der Waals surface area contributed by atoms with E-state index in [-0.39, 0.29) is 0 Å². The maximum atomic E-state index is 4.60. The fourth-order valence-electron chi connectivity index (χ4n) is 2.48. The van der Waals surface area contributed by atoms with Crippen molar-refractivity contribution >= 4 is 16.9 Å². The first-order valence-electron chi connectivity index (χ1n) is 6.40. The molecule has 1 fully saturated rings. The van der Waals surface area contributed by atoms with E-state index in [2.05, 4.69) is 15.3 Å². The minimum absolute atomic E-state index is 0.583. The van der Waals surface area contributed by atoms with E-state index in [0.29, 0.717) is 6.04 Å². The molecule has 3 nitrogen and oxygen atoms in total. The third kappa shape index (κ3) is 2.38. The van der Waals surface area contributed by atoms with Gasteiger partial charge in [-0.2, -0.15) is 0 Å². The molecular formula is C14H17N3. The molecule has 0 saturated heterocycles. The molecule has 2 aromatic rings. The van der Waals surface area contributed by atoms with Gasteiger partial charge in [-0.3, -0.25) is 4.98 Å². The minimum atomic E-state index is 0.583. The van der Waals surface area contributed by atoms with Crippen LogP contribution in [-0.4, -0.2) is 16.0 Å². The SMILES string of the molecule is c1ccc2nc(NC3CCCCC3)cnc2c1. The van der Waals surface area contributed by atoms with E-state index in [1.807, 2.05) is 30.5 Å². The van der Waals surface area contributed by atoms with Crippen LogP contribution in [0.2, 0.25) is 0 Å². The normalized spacial score (nSPS) is 17.2. The summed E-state index contributed by atoms with van der Waals surface area (Å²) in [6, 6.07) is 8.58. The molecule has 0 atom stereocenters. The van der Waals surface area contributed by atoms with Gasteiger partial charge in [0.15, 0.2) is 0 Å². The largest absolute Gasteiger partial charge is 0.366 e. The summed E-state index contributed by atoms with van der Waals surface area (Å²) in [6.45, 7) is 0. The molecule has 3 rings (SSSR count). The molecule has 1 aliphatic carbocycles. The number of benzene rings is 1. The number of nitrogens with zero attached hydrogens (tertiary/aromatic N) is 2. The van der Waals surface area contributed by atoms with E-state index < -0.39 is 0 Å². The van der Waals surface area contributed by atoms with Gasteiger partial charge in [-0.1, -0.05) is 31.4 Å². The van der Waals surface area contributed by atoms with Crippen LogP contribution in [0, 0.1) is 0 Å². The van der Waals surface area contributed by atoms with E-state index in [0.717, 1.165) is 16.9 Å². The first kappa shape index (κ1) is 10.5. The van der Waals surface area contributed by atoms with Gasteiger partial charge in [-0.25, -0.2) is 4.98 Å². The predicted octanol–water partition coefficient (Wildman–Crippen LogP) is 3.37. The van der Waals surface area contributed by atoms with Gasteiger partial charge >= 0.3 is 0 Å². The molecule has 88 valence electrons. The summed E-state index contributed by atoms with van der Waals surface area (Å²) in [5.41, 5.74) is 1.93. The van der Waals surface area contributed by atoms with E-state index in [1.54, 1.807) is 0 Å². The summed E-state index contributed by atoms with van der Waals surface area (Å²) in [6.07, 6.45) is 8.40. The second-order valence-electron chi connectivity index (χ2n) is 4.72. The van der Waals surface area contributed by atoms with Gasteiger partial charge in [0, 0.05) is 6.04 Å². The van der Waals surface area contributed by atoms with Crippen LogP contribution in [0.5, 0.6) is 0 Å². The van der Waals surface area contributed by atoms with E-state index in [1.165, 1.54) is 32.1 Å². The van der Waals surface area contributed by atoms with Gasteiger partial charge in [0.05, 0.1) is 17.2 Å². The standard InChI is InChI=1S/C14H17N3/c1-2-6-11(7-3-1)16-14-10-15-12-8-4-5-9-13(12)17-14/h4-5,8-11H,1-3,6-7H2,(H,16,17). The van der Waals surface area contributed by atoms with Crippen molar-refractivity contribution in [2.75, 3.05) is 5.32 Å². The van der Waals surface area contributed by atoms with Gasteiger partial charge in [0.25, 0.3) is 0 Å². The Hall–Kier alpha value is -1.64. The highest BCUT2D eigenvalue weighted by molar-refractivity contribution is 5.75. The van der Waals surface area contributed by atoms with Crippen molar-refractivity contribution in [3.05, 3.63) is 30.5 Å².